The van der Waals surface area contributed by atoms with Crippen LogP contribution in [0.15, 0.2) is 41.8 Å². The quantitative estimate of drug-likeness (QED) is 0.926. The number of β-amino-alcohol motifs (C(OH)–C–C–N with tert-alkyl or cyclic N) is 1. The summed E-state index contributed by atoms with van der Waals surface area (Å²) >= 11 is 1.86. The van der Waals surface area contributed by atoms with Gasteiger partial charge in [0.05, 0.1) is 6.10 Å². The van der Waals surface area contributed by atoms with Gasteiger partial charge < -0.3 is 5.11 Å². The molecular formula is C16H19NOS. The number of fused-ring (bicyclic) bond motifs is 1. The second kappa shape index (κ2) is 5.45. The van der Waals surface area contributed by atoms with E-state index in [4.69, 9.17) is 0 Å². The van der Waals surface area contributed by atoms with Gasteiger partial charge in [0.25, 0.3) is 0 Å². The fourth-order valence-corrected chi connectivity index (χ4v) is 3.78. The molecule has 2 atom stereocenters. The largest absolute Gasteiger partial charge is 0.387 e. The SMILES string of the molecule is C[C@H]1c2ccsc2CCN1C[C@H](O)c1ccccc1. The molecule has 2 heterocycles. The lowest BCUT2D eigenvalue weighted by Crippen LogP contribution is -2.36. The molecule has 1 aliphatic rings. The lowest BCUT2D eigenvalue weighted by atomic mass is 10.00. The number of aliphatic hydroxyl groups excluding tert-OH is 1. The first-order chi connectivity index (χ1) is 9.25. The molecule has 0 fully saturated rings. The van der Waals surface area contributed by atoms with Crippen molar-refractivity contribution in [3.05, 3.63) is 57.8 Å². The zero-order chi connectivity index (χ0) is 13.2. The molecule has 0 saturated carbocycles. The molecule has 0 saturated heterocycles. The monoisotopic (exact) mass is 273 g/mol. The van der Waals surface area contributed by atoms with Crippen LogP contribution in [0.25, 0.3) is 0 Å². The van der Waals surface area contributed by atoms with E-state index in [1.54, 1.807) is 0 Å². The molecule has 0 radical (unpaired) electrons. The first-order valence-electron chi connectivity index (χ1n) is 6.79. The van der Waals surface area contributed by atoms with Crippen molar-refractivity contribution >= 4 is 11.3 Å². The zero-order valence-corrected chi connectivity index (χ0v) is 11.9. The van der Waals surface area contributed by atoms with Crippen molar-refractivity contribution < 1.29 is 5.11 Å². The normalized spacial score (nSPS) is 21.1. The van der Waals surface area contributed by atoms with Crippen molar-refractivity contribution in [2.45, 2.75) is 25.5 Å². The minimum Gasteiger partial charge on any atom is -0.387 e. The maximum atomic E-state index is 10.4. The van der Waals surface area contributed by atoms with Gasteiger partial charge in [0.1, 0.15) is 0 Å². The van der Waals surface area contributed by atoms with Crippen LogP contribution in [0.5, 0.6) is 0 Å². The number of hydrogen-bond donors (Lipinski definition) is 1. The van der Waals surface area contributed by atoms with Crippen LogP contribution in [0, 0.1) is 0 Å². The summed E-state index contributed by atoms with van der Waals surface area (Å²) in [5.41, 5.74) is 2.45. The molecule has 3 rings (SSSR count). The summed E-state index contributed by atoms with van der Waals surface area (Å²) in [5.74, 6) is 0. The van der Waals surface area contributed by atoms with Gasteiger partial charge in [0.2, 0.25) is 0 Å². The highest BCUT2D eigenvalue weighted by atomic mass is 32.1. The van der Waals surface area contributed by atoms with Gasteiger partial charge in [-0.25, -0.2) is 0 Å². The fourth-order valence-electron chi connectivity index (χ4n) is 2.81. The Morgan fingerprint density at radius 2 is 2.11 bits per heavy atom. The molecule has 0 aliphatic carbocycles. The van der Waals surface area contributed by atoms with Gasteiger partial charge in [-0.05, 0) is 35.9 Å². The third kappa shape index (κ3) is 2.59. The van der Waals surface area contributed by atoms with Gasteiger partial charge in [0, 0.05) is 24.0 Å². The molecule has 2 nitrogen and oxygen atoms in total. The first-order valence-corrected chi connectivity index (χ1v) is 7.67. The molecule has 1 N–H and O–H groups in total. The van der Waals surface area contributed by atoms with Crippen molar-refractivity contribution in [3.8, 4) is 0 Å². The van der Waals surface area contributed by atoms with E-state index in [9.17, 15) is 5.11 Å². The van der Waals surface area contributed by atoms with Crippen molar-refractivity contribution in [2.75, 3.05) is 13.1 Å². The van der Waals surface area contributed by atoms with E-state index in [-0.39, 0.29) is 0 Å². The zero-order valence-electron chi connectivity index (χ0n) is 11.1. The average Bonchev–Trinajstić information content (AvgIpc) is 2.92. The van der Waals surface area contributed by atoms with Crippen LogP contribution < -0.4 is 0 Å². The number of thiophene rings is 1. The number of benzene rings is 1. The summed E-state index contributed by atoms with van der Waals surface area (Å²) in [6.45, 7) is 3.99. The van der Waals surface area contributed by atoms with E-state index in [0.717, 1.165) is 18.5 Å². The molecule has 100 valence electrons. The molecule has 0 spiro atoms. The summed E-state index contributed by atoms with van der Waals surface area (Å²) in [4.78, 5) is 3.89. The second-order valence-corrected chi connectivity index (χ2v) is 6.15. The lowest BCUT2D eigenvalue weighted by molar-refractivity contribution is 0.0871. The van der Waals surface area contributed by atoms with Crippen molar-refractivity contribution in [1.82, 2.24) is 4.90 Å². The van der Waals surface area contributed by atoms with E-state index < -0.39 is 6.10 Å². The number of rotatable bonds is 3. The first kappa shape index (κ1) is 12.9. The molecule has 0 amide bonds. The minimum atomic E-state index is -0.399. The van der Waals surface area contributed by atoms with Gasteiger partial charge in [-0.3, -0.25) is 4.90 Å². The maximum Gasteiger partial charge on any atom is 0.0917 e. The molecule has 1 aromatic carbocycles. The van der Waals surface area contributed by atoms with Crippen molar-refractivity contribution in [2.24, 2.45) is 0 Å². The predicted octanol–water partition coefficient (Wildman–Crippen LogP) is 3.40. The van der Waals surface area contributed by atoms with Crippen LogP contribution >= 0.6 is 11.3 Å². The van der Waals surface area contributed by atoms with E-state index in [0.29, 0.717) is 12.6 Å². The predicted molar refractivity (Wildman–Crippen MR) is 79.4 cm³/mol. The highest BCUT2D eigenvalue weighted by Crippen LogP contribution is 2.33. The molecular weight excluding hydrogens is 254 g/mol. The fraction of sp³-hybridized carbons (Fsp3) is 0.375. The molecule has 2 aromatic rings. The summed E-state index contributed by atoms with van der Waals surface area (Å²) in [6, 6.07) is 12.6. The van der Waals surface area contributed by atoms with Crippen LogP contribution in [0.4, 0.5) is 0 Å². The molecule has 19 heavy (non-hydrogen) atoms. The number of nitrogens with zero attached hydrogens (tertiary/aromatic N) is 1. The number of hydrogen-bond acceptors (Lipinski definition) is 3. The second-order valence-electron chi connectivity index (χ2n) is 5.15. The molecule has 1 aliphatic heterocycles. The van der Waals surface area contributed by atoms with Gasteiger partial charge in [-0.15, -0.1) is 11.3 Å². The van der Waals surface area contributed by atoms with E-state index >= 15 is 0 Å². The molecule has 1 aromatic heterocycles. The van der Waals surface area contributed by atoms with Crippen LogP contribution in [0.1, 0.15) is 35.1 Å². The highest BCUT2D eigenvalue weighted by Gasteiger charge is 2.26. The summed E-state index contributed by atoms with van der Waals surface area (Å²) in [7, 11) is 0. The van der Waals surface area contributed by atoms with Gasteiger partial charge in [-0.1, -0.05) is 30.3 Å². The highest BCUT2D eigenvalue weighted by molar-refractivity contribution is 7.10. The topological polar surface area (TPSA) is 23.5 Å². The molecule has 0 bridgehead atoms. The Kier molecular flexibility index (Phi) is 3.69. The summed E-state index contributed by atoms with van der Waals surface area (Å²) in [5, 5.41) is 12.5. The Hall–Kier alpha value is -1.16. The smallest absolute Gasteiger partial charge is 0.0917 e. The summed E-state index contributed by atoms with van der Waals surface area (Å²) in [6.07, 6.45) is 0.711. The van der Waals surface area contributed by atoms with Crippen LogP contribution in [-0.4, -0.2) is 23.1 Å². The summed E-state index contributed by atoms with van der Waals surface area (Å²) < 4.78 is 0. The Morgan fingerprint density at radius 1 is 1.32 bits per heavy atom. The average molecular weight is 273 g/mol. The van der Waals surface area contributed by atoms with Crippen LogP contribution in [-0.2, 0) is 6.42 Å². The number of aliphatic hydroxyl groups is 1. The molecule has 3 heteroatoms. The minimum absolute atomic E-state index is 0.399. The van der Waals surface area contributed by atoms with Crippen molar-refractivity contribution in [1.29, 1.82) is 0 Å². The Bertz CT molecular complexity index is 537. The Labute approximate surface area is 118 Å². The Morgan fingerprint density at radius 3 is 2.89 bits per heavy atom. The van der Waals surface area contributed by atoms with Gasteiger partial charge >= 0.3 is 0 Å². The van der Waals surface area contributed by atoms with E-state index in [1.807, 2.05) is 41.7 Å². The standard InChI is InChI=1S/C16H19NOS/c1-12-14-8-10-19-16(14)7-9-17(12)11-15(18)13-5-3-2-4-6-13/h2-6,8,10,12,15,18H,7,9,11H2,1H3/t12-,15-/m0/s1. The third-order valence-electron chi connectivity index (χ3n) is 4.00. The third-order valence-corrected chi connectivity index (χ3v) is 4.99. The van der Waals surface area contributed by atoms with Gasteiger partial charge in [0.15, 0.2) is 0 Å². The molecule has 0 unspecified atom stereocenters. The lowest BCUT2D eigenvalue weighted by Gasteiger charge is -2.35. The van der Waals surface area contributed by atoms with Crippen LogP contribution in [0.3, 0.4) is 0 Å². The Balaban J connectivity index is 1.71. The van der Waals surface area contributed by atoms with Crippen LogP contribution in [0.2, 0.25) is 0 Å². The van der Waals surface area contributed by atoms with E-state index in [1.165, 1.54) is 10.4 Å². The van der Waals surface area contributed by atoms with E-state index in [2.05, 4.69) is 23.3 Å². The van der Waals surface area contributed by atoms with Gasteiger partial charge in [-0.2, -0.15) is 0 Å². The maximum absolute atomic E-state index is 10.4. The van der Waals surface area contributed by atoms with Crippen molar-refractivity contribution in [3.63, 3.8) is 0 Å².